The van der Waals surface area contributed by atoms with Crippen molar-refractivity contribution in [2.45, 2.75) is 13.0 Å². The summed E-state index contributed by atoms with van der Waals surface area (Å²) in [6, 6.07) is 14.2. The number of benzene rings is 2. The van der Waals surface area contributed by atoms with Crippen LogP contribution in [0.25, 0.3) is 10.9 Å². The highest BCUT2D eigenvalue weighted by Gasteiger charge is 2.21. The number of nitrogens with one attached hydrogen (secondary N) is 2. The zero-order valence-corrected chi connectivity index (χ0v) is 13.6. The fourth-order valence-corrected chi connectivity index (χ4v) is 2.50. The molecule has 3 aromatic rings. The molecule has 2 N–H and O–H groups in total. The molecule has 3 rings (SSSR count). The fraction of sp³-hybridized carbons (Fsp3) is 0.111. The van der Waals surface area contributed by atoms with Gasteiger partial charge in [0.25, 0.3) is 5.91 Å². The molecule has 1 aromatic heterocycles. The van der Waals surface area contributed by atoms with E-state index in [4.69, 9.17) is 16.3 Å². The van der Waals surface area contributed by atoms with Gasteiger partial charge in [0.2, 0.25) is 0 Å². The largest absolute Gasteiger partial charge is 0.449 e. The molecule has 0 aliphatic rings. The van der Waals surface area contributed by atoms with Crippen molar-refractivity contribution >= 4 is 40.1 Å². The number of rotatable bonds is 4. The minimum atomic E-state index is -0.956. The molecule has 0 spiro atoms. The maximum atomic E-state index is 12.3. The van der Waals surface area contributed by atoms with Gasteiger partial charge in [-0.05, 0) is 25.1 Å². The maximum absolute atomic E-state index is 12.3. The number of aromatic nitrogens is 1. The maximum Gasteiger partial charge on any atom is 0.341 e. The van der Waals surface area contributed by atoms with E-state index >= 15 is 0 Å². The molecule has 2 aromatic carbocycles. The van der Waals surface area contributed by atoms with Gasteiger partial charge in [-0.3, -0.25) is 4.79 Å². The molecule has 122 valence electrons. The highest BCUT2D eigenvalue weighted by molar-refractivity contribution is 6.33. The monoisotopic (exact) mass is 342 g/mol. The van der Waals surface area contributed by atoms with Crippen molar-refractivity contribution in [3.05, 3.63) is 65.3 Å². The first-order chi connectivity index (χ1) is 11.6. The molecule has 24 heavy (non-hydrogen) atoms. The van der Waals surface area contributed by atoms with Crippen molar-refractivity contribution in [3.8, 4) is 0 Å². The van der Waals surface area contributed by atoms with Crippen LogP contribution in [0.4, 0.5) is 5.69 Å². The van der Waals surface area contributed by atoms with Crippen molar-refractivity contribution in [1.82, 2.24) is 4.98 Å². The van der Waals surface area contributed by atoms with E-state index in [-0.39, 0.29) is 0 Å². The van der Waals surface area contributed by atoms with Gasteiger partial charge in [0, 0.05) is 17.1 Å². The lowest BCUT2D eigenvalue weighted by molar-refractivity contribution is -0.123. The van der Waals surface area contributed by atoms with Crippen LogP contribution in [0, 0.1) is 0 Å². The molecule has 0 fully saturated rings. The molecular formula is C18H15ClN2O3. The average Bonchev–Trinajstić information content (AvgIpc) is 3.01. The summed E-state index contributed by atoms with van der Waals surface area (Å²) in [5.74, 6) is -1.01. The number of halogens is 1. The number of esters is 1. The number of amides is 1. The summed E-state index contributed by atoms with van der Waals surface area (Å²) in [4.78, 5) is 27.5. The molecule has 1 atom stereocenters. The quantitative estimate of drug-likeness (QED) is 0.704. The number of anilines is 1. The van der Waals surface area contributed by atoms with Crippen molar-refractivity contribution in [3.63, 3.8) is 0 Å². The van der Waals surface area contributed by atoms with Crippen LogP contribution in [-0.2, 0) is 9.53 Å². The van der Waals surface area contributed by atoms with E-state index in [1.165, 1.54) is 6.92 Å². The highest BCUT2D eigenvalue weighted by atomic mass is 35.5. The summed E-state index contributed by atoms with van der Waals surface area (Å²) in [5, 5.41) is 3.81. The van der Waals surface area contributed by atoms with Gasteiger partial charge in [-0.15, -0.1) is 0 Å². The third kappa shape index (κ3) is 3.26. The lowest BCUT2D eigenvalue weighted by Gasteiger charge is -2.14. The summed E-state index contributed by atoms with van der Waals surface area (Å²) < 4.78 is 5.26. The summed E-state index contributed by atoms with van der Waals surface area (Å²) >= 11 is 6.00. The van der Waals surface area contributed by atoms with E-state index in [1.807, 2.05) is 24.3 Å². The van der Waals surface area contributed by atoms with Crippen LogP contribution < -0.4 is 5.32 Å². The van der Waals surface area contributed by atoms with E-state index in [9.17, 15) is 9.59 Å². The highest BCUT2D eigenvalue weighted by Crippen LogP contribution is 2.22. The van der Waals surface area contributed by atoms with Gasteiger partial charge in [0.1, 0.15) is 0 Å². The van der Waals surface area contributed by atoms with Crippen LogP contribution in [0.3, 0.4) is 0 Å². The standard InChI is InChI=1S/C18H15ClN2O3/c1-11(17(22)21-16-9-5-3-7-14(16)19)24-18(23)13-10-20-15-8-4-2-6-12(13)15/h2-11,20H,1H3,(H,21,22)/t11-/m0/s1. The molecule has 5 nitrogen and oxygen atoms in total. The lowest BCUT2D eigenvalue weighted by Crippen LogP contribution is -2.30. The first-order valence-electron chi connectivity index (χ1n) is 7.39. The molecule has 0 radical (unpaired) electrons. The number of para-hydroxylation sites is 2. The van der Waals surface area contributed by atoms with Gasteiger partial charge >= 0.3 is 5.97 Å². The Labute approximate surface area is 143 Å². The number of aromatic amines is 1. The third-order valence-corrected chi connectivity index (χ3v) is 3.92. The molecule has 0 saturated carbocycles. The molecule has 1 amide bonds. The van der Waals surface area contributed by atoms with Gasteiger partial charge in [-0.2, -0.15) is 0 Å². The SMILES string of the molecule is C[C@H](OC(=O)c1c[nH]c2ccccc12)C(=O)Nc1ccccc1Cl. The summed E-state index contributed by atoms with van der Waals surface area (Å²) in [6.07, 6.45) is 0.619. The Kier molecular flexibility index (Phi) is 4.53. The number of carbonyl (C=O) groups excluding carboxylic acids is 2. The molecular weight excluding hydrogens is 328 g/mol. The van der Waals surface area contributed by atoms with Crippen LogP contribution in [0.2, 0.25) is 5.02 Å². The van der Waals surface area contributed by atoms with E-state index in [0.717, 1.165) is 10.9 Å². The van der Waals surface area contributed by atoms with E-state index < -0.39 is 18.0 Å². The normalized spacial score (nSPS) is 11.9. The Morgan fingerprint density at radius 2 is 1.83 bits per heavy atom. The first kappa shape index (κ1) is 16.1. The van der Waals surface area contributed by atoms with E-state index in [1.54, 1.807) is 30.5 Å². The Balaban J connectivity index is 1.70. The molecule has 0 aliphatic heterocycles. The van der Waals surface area contributed by atoms with Crippen molar-refractivity contribution in [2.75, 3.05) is 5.32 Å². The molecule has 6 heteroatoms. The minimum Gasteiger partial charge on any atom is -0.449 e. The Morgan fingerprint density at radius 1 is 1.12 bits per heavy atom. The number of carbonyl (C=O) groups is 2. The third-order valence-electron chi connectivity index (χ3n) is 3.59. The first-order valence-corrected chi connectivity index (χ1v) is 7.76. The fourth-order valence-electron chi connectivity index (χ4n) is 2.31. The van der Waals surface area contributed by atoms with Gasteiger partial charge in [-0.1, -0.05) is 41.9 Å². The number of hydrogen-bond acceptors (Lipinski definition) is 3. The van der Waals surface area contributed by atoms with Crippen LogP contribution in [0.15, 0.2) is 54.7 Å². The number of H-pyrrole nitrogens is 1. The van der Waals surface area contributed by atoms with Crippen LogP contribution in [-0.4, -0.2) is 23.0 Å². The van der Waals surface area contributed by atoms with Crippen molar-refractivity contribution < 1.29 is 14.3 Å². The molecule has 0 aliphatic carbocycles. The van der Waals surface area contributed by atoms with Crippen LogP contribution in [0.5, 0.6) is 0 Å². The summed E-state index contributed by atoms with van der Waals surface area (Å²) in [6.45, 7) is 1.51. The zero-order valence-electron chi connectivity index (χ0n) is 12.9. The molecule has 0 unspecified atom stereocenters. The lowest BCUT2D eigenvalue weighted by atomic mass is 10.2. The Morgan fingerprint density at radius 3 is 2.62 bits per heavy atom. The Hall–Kier alpha value is -2.79. The predicted molar refractivity (Wildman–Crippen MR) is 93.3 cm³/mol. The number of ether oxygens (including phenoxy) is 1. The Bertz CT molecular complexity index is 904. The molecule has 1 heterocycles. The second-order valence-corrected chi connectivity index (χ2v) is 5.67. The van der Waals surface area contributed by atoms with Crippen LogP contribution in [0.1, 0.15) is 17.3 Å². The second kappa shape index (κ2) is 6.76. The number of hydrogen-bond donors (Lipinski definition) is 2. The van der Waals surface area contributed by atoms with Gasteiger partial charge in [0.15, 0.2) is 6.10 Å². The van der Waals surface area contributed by atoms with Crippen molar-refractivity contribution in [2.24, 2.45) is 0 Å². The topological polar surface area (TPSA) is 71.2 Å². The van der Waals surface area contributed by atoms with Gasteiger partial charge in [0.05, 0.1) is 16.3 Å². The summed E-state index contributed by atoms with van der Waals surface area (Å²) in [5.41, 5.74) is 1.69. The second-order valence-electron chi connectivity index (χ2n) is 5.26. The molecule has 0 bridgehead atoms. The van der Waals surface area contributed by atoms with E-state index in [2.05, 4.69) is 10.3 Å². The average molecular weight is 343 g/mol. The zero-order chi connectivity index (χ0) is 17.1. The number of fused-ring (bicyclic) bond motifs is 1. The molecule has 0 saturated heterocycles. The predicted octanol–water partition coefficient (Wildman–Crippen LogP) is 4.01. The van der Waals surface area contributed by atoms with Crippen LogP contribution >= 0.6 is 11.6 Å². The smallest absolute Gasteiger partial charge is 0.341 e. The van der Waals surface area contributed by atoms with Crippen molar-refractivity contribution in [1.29, 1.82) is 0 Å². The van der Waals surface area contributed by atoms with E-state index in [0.29, 0.717) is 16.3 Å². The van der Waals surface area contributed by atoms with Gasteiger partial charge in [-0.25, -0.2) is 4.79 Å². The van der Waals surface area contributed by atoms with Gasteiger partial charge < -0.3 is 15.0 Å². The minimum absolute atomic E-state index is 0.392. The summed E-state index contributed by atoms with van der Waals surface area (Å²) in [7, 11) is 0.